The molecule has 0 bridgehead atoms. The lowest BCUT2D eigenvalue weighted by Gasteiger charge is -2.23. The number of rotatable bonds is 0. The van der Waals surface area contributed by atoms with Crippen molar-refractivity contribution in [2.24, 2.45) is 29.6 Å². The second kappa shape index (κ2) is 2.98. The molecular weight excluding hydrogens is 158 g/mol. The highest BCUT2D eigenvalue weighted by molar-refractivity contribution is 5.05. The van der Waals surface area contributed by atoms with Crippen molar-refractivity contribution in [3.05, 3.63) is 0 Å². The summed E-state index contributed by atoms with van der Waals surface area (Å²) in [6.07, 6.45) is 0. The minimum absolute atomic E-state index is 0.729. The third-order valence-electron chi connectivity index (χ3n) is 5.10. The van der Waals surface area contributed by atoms with E-state index in [1.54, 1.807) is 0 Å². The van der Waals surface area contributed by atoms with E-state index in [1.807, 2.05) is 0 Å². The van der Waals surface area contributed by atoms with Crippen molar-refractivity contribution in [2.45, 2.75) is 46.7 Å². The minimum Gasteiger partial charge on any atom is -0.311 e. The Hall–Kier alpha value is -0.0400. The molecule has 13 heavy (non-hydrogen) atoms. The van der Waals surface area contributed by atoms with Crippen molar-refractivity contribution in [2.75, 3.05) is 0 Å². The zero-order chi connectivity index (χ0) is 9.75. The summed E-state index contributed by atoms with van der Waals surface area (Å²) >= 11 is 0. The van der Waals surface area contributed by atoms with E-state index >= 15 is 0 Å². The van der Waals surface area contributed by atoms with Crippen LogP contribution < -0.4 is 5.32 Å². The molecule has 1 heteroatoms. The first-order valence-corrected chi connectivity index (χ1v) is 5.80. The number of fused-ring (bicyclic) bond motifs is 1. The molecule has 1 saturated carbocycles. The zero-order valence-corrected chi connectivity index (χ0v) is 9.54. The largest absolute Gasteiger partial charge is 0.311 e. The van der Waals surface area contributed by atoms with Crippen LogP contribution in [0.15, 0.2) is 0 Å². The third-order valence-corrected chi connectivity index (χ3v) is 5.10. The van der Waals surface area contributed by atoms with Gasteiger partial charge in [0.25, 0.3) is 0 Å². The maximum atomic E-state index is 3.78. The van der Waals surface area contributed by atoms with E-state index in [1.165, 1.54) is 0 Å². The molecule has 1 saturated heterocycles. The standard InChI is InChI=1S/C12H23N/c1-6-7(2)11-9(4)10(5)13-12(11)8(6)3/h6-13H,1-5H3. The van der Waals surface area contributed by atoms with Crippen LogP contribution in [0.3, 0.4) is 0 Å². The molecule has 1 aliphatic heterocycles. The summed E-state index contributed by atoms with van der Waals surface area (Å²) < 4.78 is 0. The minimum atomic E-state index is 0.729. The monoisotopic (exact) mass is 181 g/mol. The Bertz CT molecular complexity index is 201. The van der Waals surface area contributed by atoms with E-state index < -0.39 is 0 Å². The molecule has 7 unspecified atom stereocenters. The van der Waals surface area contributed by atoms with Gasteiger partial charge in [0.05, 0.1) is 0 Å². The van der Waals surface area contributed by atoms with Crippen LogP contribution in [-0.2, 0) is 0 Å². The second-order valence-corrected chi connectivity index (χ2v) is 5.49. The predicted molar refractivity (Wildman–Crippen MR) is 56.5 cm³/mol. The molecule has 1 N–H and O–H groups in total. The summed E-state index contributed by atoms with van der Waals surface area (Å²) in [6, 6.07) is 1.53. The zero-order valence-electron chi connectivity index (χ0n) is 9.54. The van der Waals surface area contributed by atoms with Crippen molar-refractivity contribution < 1.29 is 0 Å². The van der Waals surface area contributed by atoms with Gasteiger partial charge in [0.1, 0.15) is 0 Å². The summed E-state index contributed by atoms with van der Waals surface area (Å²) in [5.41, 5.74) is 0. The number of hydrogen-bond acceptors (Lipinski definition) is 1. The third kappa shape index (κ3) is 1.16. The smallest absolute Gasteiger partial charge is 0.0132 e. The van der Waals surface area contributed by atoms with Crippen molar-refractivity contribution in [1.29, 1.82) is 0 Å². The molecule has 0 aromatic rings. The molecule has 0 radical (unpaired) electrons. The van der Waals surface area contributed by atoms with Gasteiger partial charge in [0.15, 0.2) is 0 Å². The van der Waals surface area contributed by atoms with Gasteiger partial charge in [0, 0.05) is 12.1 Å². The quantitative estimate of drug-likeness (QED) is 0.605. The van der Waals surface area contributed by atoms with Gasteiger partial charge in [-0.05, 0) is 36.5 Å². The fourth-order valence-corrected chi connectivity index (χ4v) is 3.69. The van der Waals surface area contributed by atoms with Gasteiger partial charge < -0.3 is 5.32 Å². The summed E-state index contributed by atoms with van der Waals surface area (Å²) in [4.78, 5) is 0. The maximum absolute atomic E-state index is 3.78. The molecule has 0 aromatic heterocycles. The lowest BCUT2D eigenvalue weighted by Crippen LogP contribution is -2.33. The first-order chi connectivity index (χ1) is 6.04. The van der Waals surface area contributed by atoms with E-state index in [9.17, 15) is 0 Å². The number of nitrogens with one attached hydrogen (secondary N) is 1. The molecule has 2 aliphatic rings. The van der Waals surface area contributed by atoms with Gasteiger partial charge in [-0.1, -0.05) is 27.7 Å². The Balaban J connectivity index is 2.22. The Morgan fingerprint density at radius 2 is 1.31 bits per heavy atom. The van der Waals surface area contributed by atoms with Gasteiger partial charge in [-0.3, -0.25) is 0 Å². The molecule has 7 atom stereocenters. The van der Waals surface area contributed by atoms with Crippen LogP contribution in [0.1, 0.15) is 34.6 Å². The van der Waals surface area contributed by atoms with Gasteiger partial charge in [-0.25, -0.2) is 0 Å². The highest BCUT2D eigenvalue weighted by Gasteiger charge is 2.51. The fraction of sp³-hybridized carbons (Fsp3) is 1.00. The molecule has 0 amide bonds. The van der Waals surface area contributed by atoms with E-state index in [0.29, 0.717) is 0 Å². The predicted octanol–water partition coefficient (Wildman–Crippen LogP) is 2.52. The number of hydrogen-bond donors (Lipinski definition) is 1. The Morgan fingerprint density at radius 3 is 1.85 bits per heavy atom. The average Bonchev–Trinajstić information content (AvgIpc) is 2.48. The van der Waals surface area contributed by atoms with E-state index in [2.05, 4.69) is 39.9 Å². The summed E-state index contributed by atoms with van der Waals surface area (Å²) in [5.74, 6) is 4.48. The van der Waals surface area contributed by atoms with Crippen molar-refractivity contribution >= 4 is 0 Å². The SMILES string of the molecule is CC1NC2C(C)C(C)C(C)C2C1C. The maximum Gasteiger partial charge on any atom is 0.0132 e. The van der Waals surface area contributed by atoms with E-state index in [-0.39, 0.29) is 0 Å². The van der Waals surface area contributed by atoms with Crippen LogP contribution in [0.25, 0.3) is 0 Å². The van der Waals surface area contributed by atoms with Crippen LogP contribution in [-0.4, -0.2) is 12.1 Å². The van der Waals surface area contributed by atoms with E-state index in [4.69, 9.17) is 0 Å². The van der Waals surface area contributed by atoms with Crippen LogP contribution in [0.2, 0.25) is 0 Å². The molecule has 1 nitrogen and oxygen atoms in total. The van der Waals surface area contributed by atoms with Gasteiger partial charge in [-0.2, -0.15) is 0 Å². The molecule has 2 rings (SSSR count). The average molecular weight is 181 g/mol. The Morgan fingerprint density at radius 1 is 0.692 bits per heavy atom. The first-order valence-electron chi connectivity index (χ1n) is 5.80. The lowest BCUT2D eigenvalue weighted by atomic mass is 9.82. The second-order valence-electron chi connectivity index (χ2n) is 5.49. The van der Waals surface area contributed by atoms with Crippen LogP contribution in [0.4, 0.5) is 0 Å². The van der Waals surface area contributed by atoms with E-state index in [0.717, 1.165) is 41.7 Å². The topological polar surface area (TPSA) is 12.0 Å². The fourth-order valence-electron chi connectivity index (χ4n) is 3.69. The Kier molecular flexibility index (Phi) is 2.18. The van der Waals surface area contributed by atoms with Crippen molar-refractivity contribution in [3.63, 3.8) is 0 Å². The molecule has 2 fully saturated rings. The molecular formula is C12H23N. The van der Waals surface area contributed by atoms with Crippen LogP contribution >= 0.6 is 0 Å². The lowest BCUT2D eigenvalue weighted by molar-refractivity contribution is 0.271. The highest BCUT2D eigenvalue weighted by Crippen LogP contribution is 2.48. The van der Waals surface area contributed by atoms with Crippen molar-refractivity contribution in [3.8, 4) is 0 Å². The molecule has 1 aliphatic carbocycles. The summed E-state index contributed by atoms with van der Waals surface area (Å²) in [5, 5.41) is 3.78. The first kappa shape index (κ1) is 9.51. The Labute approximate surface area is 82.3 Å². The summed E-state index contributed by atoms with van der Waals surface area (Å²) in [7, 11) is 0. The van der Waals surface area contributed by atoms with Gasteiger partial charge in [0.2, 0.25) is 0 Å². The van der Waals surface area contributed by atoms with Gasteiger partial charge in [-0.15, -0.1) is 0 Å². The molecule has 0 spiro atoms. The van der Waals surface area contributed by atoms with Gasteiger partial charge >= 0.3 is 0 Å². The van der Waals surface area contributed by atoms with Crippen molar-refractivity contribution in [1.82, 2.24) is 5.32 Å². The molecule has 0 aromatic carbocycles. The molecule has 1 heterocycles. The molecule has 76 valence electrons. The normalized spacial score (nSPS) is 61.2. The van der Waals surface area contributed by atoms with Crippen LogP contribution in [0, 0.1) is 29.6 Å². The van der Waals surface area contributed by atoms with Crippen LogP contribution in [0.5, 0.6) is 0 Å². The highest BCUT2D eigenvalue weighted by atomic mass is 15.0. The summed E-state index contributed by atoms with van der Waals surface area (Å²) in [6.45, 7) is 12.1.